The molecule has 1 fully saturated rings. The van der Waals surface area contributed by atoms with Crippen LogP contribution in [0.5, 0.6) is 0 Å². The maximum absolute atomic E-state index is 12.4. The van der Waals surface area contributed by atoms with Gasteiger partial charge in [0.2, 0.25) is 0 Å². The van der Waals surface area contributed by atoms with Crippen LogP contribution in [-0.2, 0) is 14.3 Å². The van der Waals surface area contributed by atoms with E-state index >= 15 is 0 Å². The number of carboxylic acids is 1. The van der Waals surface area contributed by atoms with Gasteiger partial charge in [0.15, 0.2) is 0 Å². The van der Waals surface area contributed by atoms with Crippen LogP contribution in [0, 0.1) is 0 Å². The molecule has 2 aromatic carbocycles. The lowest BCUT2D eigenvalue weighted by atomic mass is 9.98. The highest BCUT2D eigenvalue weighted by atomic mass is 16.5. The molecule has 2 N–H and O–H groups in total. The first-order chi connectivity index (χ1) is 15.6. The van der Waals surface area contributed by atoms with E-state index in [-0.39, 0.29) is 12.5 Å². The molecule has 170 valence electrons. The van der Waals surface area contributed by atoms with Crippen LogP contribution >= 0.6 is 0 Å². The van der Waals surface area contributed by atoms with Gasteiger partial charge in [-0.05, 0) is 48.1 Å². The summed E-state index contributed by atoms with van der Waals surface area (Å²) in [6.45, 7) is 4.42. The fraction of sp³-hybridized carbons (Fsp3) is 0.440. The number of fused-ring (bicyclic) bond motifs is 3. The number of benzene rings is 2. The first-order valence-corrected chi connectivity index (χ1v) is 11.3. The number of aliphatic carboxylic acids is 1. The Hall–Kier alpha value is -2.90. The molecule has 1 aliphatic carbocycles. The first-order valence-electron chi connectivity index (χ1n) is 11.3. The van der Waals surface area contributed by atoms with Gasteiger partial charge in [-0.15, -0.1) is 0 Å². The second kappa shape index (κ2) is 10.6. The number of hydrogen-bond acceptors (Lipinski definition) is 5. The van der Waals surface area contributed by atoms with Crippen molar-refractivity contribution in [3.8, 4) is 11.1 Å². The summed E-state index contributed by atoms with van der Waals surface area (Å²) in [6.07, 6.45) is 1.30. The SMILES string of the molecule is O=C(N[C@@H](CCCCN1CCOCC1)C(=O)O)OCC1c2ccccc2-c2ccccc21. The summed E-state index contributed by atoms with van der Waals surface area (Å²) in [5, 5.41) is 12.0. The topological polar surface area (TPSA) is 88.1 Å². The summed E-state index contributed by atoms with van der Waals surface area (Å²) >= 11 is 0. The Morgan fingerprint density at radius 2 is 1.66 bits per heavy atom. The summed E-state index contributed by atoms with van der Waals surface area (Å²) < 4.78 is 10.8. The maximum Gasteiger partial charge on any atom is 0.407 e. The molecule has 1 saturated heterocycles. The molecule has 7 nitrogen and oxygen atoms in total. The molecular weight excluding hydrogens is 408 g/mol. The highest BCUT2D eigenvalue weighted by molar-refractivity contribution is 5.81. The second-order valence-electron chi connectivity index (χ2n) is 8.31. The molecule has 0 radical (unpaired) electrons. The average Bonchev–Trinajstić information content (AvgIpc) is 3.14. The van der Waals surface area contributed by atoms with Gasteiger partial charge < -0.3 is 19.9 Å². The van der Waals surface area contributed by atoms with E-state index < -0.39 is 18.1 Å². The molecule has 7 heteroatoms. The largest absolute Gasteiger partial charge is 0.480 e. The number of unbranched alkanes of at least 4 members (excludes halogenated alkanes) is 1. The molecule has 4 rings (SSSR count). The highest BCUT2D eigenvalue weighted by Crippen LogP contribution is 2.44. The molecule has 1 aliphatic heterocycles. The lowest BCUT2D eigenvalue weighted by Crippen LogP contribution is -2.41. The summed E-state index contributed by atoms with van der Waals surface area (Å²) in [5.74, 6) is -1.09. The van der Waals surface area contributed by atoms with E-state index in [9.17, 15) is 14.7 Å². The standard InChI is InChI=1S/C25H30N2O5/c28-24(29)23(11-5-6-12-27-13-15-31-16-14-27)26-25(30)32-17-22-20-9-3-1-7-18(20)19-8-2-4-10-21(19)22/h1-4,7-10,22-23H,5-6,11-17H2,(H,26,30)(H,28,29)/t23-/m0/s1. The summed E-state index contributed by atoms with van der Waals surface area (Å²) in [7, 11) is 0. The Kier molecular flexibility index (Phi) is 7.39. The Morgan fingerprint density at radius 1 is 1.03 bits per heavy atom. The van der Waals surface area contributed by atoms with Crippen molar-refractivity contribution in [2.45, 2.75) is 31.2 Å². The van der Waals surface area contributed by atoms with Gasteiger partial charge in [-0.25, -0.2) is 9.59 Å². The number of carbonyl (C=O) groups excluding carboxylic acids is 1. The lowest BCUT2D eigenvalue weighted by Gasteiger charge is -2.26. The predicted molar refractivity (Wildman–Crippen MR) is 121 cm³/mol. The molecular formula is C25H30N2O5. The lowest BCUT2D eigenvalue weighted by molar-refractivity contribution is -0.139. The highest BCUT2D eigenvalue weighted by Gasteiger charge is 2.29. The van der Waals surface area contributed by atoms with Crippen LogP contribution in [-0.4, -0.2) is 67.6 Å². The molecule has 0 bridgehead atoms. The molecule has 2 aliphatic rings. The van der Waals surface area contributed by atoms with Crippen LogP contribution in [0.25, 0.3) is 11.1 Å². The van der Waals surface area contributed by atoms with Gasteiger partial charge in [0, 0.05) is 19.0 Å². The first kappa shape index (κ1) is 22.3. The summed E-state index contributed by atoms with van der Waals surface area (Å²) in [5.41, 5.74) is 4.56. The normalized spacial score (nSPS) is 16.8. The zero-order valence-corrected chi connectivity index (χ0v) is 18.2. The number of carbonyl (C=O) groups is 2. The molecule has 0 unspecified atom stereocenters. The quantitative estimate of drug-likeness (QED) is 0.583. The Balaban J connectivity index is 1.27. The minimum atomic E-state index is -1.04. The maximum atomic E-state index is 12.4. The number of nitrogens with zero attached hydrogens (tertiary/aromatic N) is 1. The van der Waals surface area contributed by atoms with E-state index in [2.05, 4.69) is 34.5 Å². The van der Waals surface area contributed by atoms with Gasteiger partial charge >= 0.3 is 12.1 Å². The number of carboxylic acid groups (broad SMARTS) is 1. The zero-order chi connectivity index (χ0) is 22.3. The smallest absolute Gasteiger partial charge is 0.407 e. The van der Waals surface area contributed by atoms with Gasteiger partial charge in [0.1, 0.15) is 12.6 Å². The van der Waals surface area contributed by atoms with Gasteiger partial charge in [-0.2, -0.15) is 0 Å². The molecule has 2 aromatic rings. The monoisotopic (exact) mass is 438 g/mol. The van der Waals surface area contributed by atoms with Crippen molar-refractivity contribution in [2.75, 3.05) is 39.5 Å². The van der Waals surface area contributed by atoms with E-state index in [1.807, 2.05) is 24.3 Å². The van der Waals surface area contributed by atoms with Crippen molar-refractivity contribution < 1.29 is 24.2 Å². The van der Waals surface area contributed by atoms with E-state index in [4.69, 9.17) is 9.47 Å². The number of morpholine rings is 1. The van der Waals surface area contributed by atoms with Crippen molar-refractivity contribution in [3.05, 3.63) is 59.7 Å². The van der Waals surface area contributed by atoms with Gasteiger partial charge in [0.25, 0.3) is 0 Å². The second-order valence-corrected chi connectivity index (χ2v) is 8.31. The molecule has 0 saturated carbocycles. The van der Waals surface area contributed by atoms with Crippen molar-refractivity contribution in [2.24, 2.45) is 0 Å². The van der Waals surface area contributed by atoms with Crippen LogP contribution < -0.4 is 5.32 Å². The molecule has 1 atom stereocenters. The number of ether oxygens (including phenoxy) is 2. The van der Waals surface area contributed by atoms with E-state index in [0.717, 1.165) is 67.9 Å². The average molecular weight is 439 g/mol. The summed E-state index contributed by atoms with van der Waals surface area (Å²) in [6, 6.07) is 15.3. The van der Waals surface area contributed by atoms with Crippen molar-refractivity contribution in [1.29, 1.82) is 0 Å². The van der Waals surface area contributed by atoms with Gasteiger partial charge in [0.05, 0.1) is 13.2 Å². The predicted octanol–water partition coefficient (Wildman–Crippen LogP) is 3.48. The van der Waals surface area contributed by atoms with Crippen molar-refractivity contribution in [1.82, 2.24) is 10.2 Å². The number of rotatable bonds is 9. The molecule has 1 heterocycles. The van der Waals surface area contributed by atoms with Crippen LogP contribution in [0.4, 0.5) is 4.79 Å². The molecule has 1 amide bonds. The number of amides is 1. The van der Waals surface area contributed by atoms with Gasteiger partial charge in [-0.1, -0.05) is 48.5 Å². The Bertz CT molecular complexity index is 896. The third-order valence-corrected chi connectivity index (χ3v) is 6.25. The van der Waals surface area contributed by atoms with Crippen molar-refractivity contribution in [3.63, 3.8) is 0 Å². The van der Waals surface area contributed by atoms with E-state index in [1.165, 1.54) is 0 Å². The van der Waals surface area contributed by atoms with Crippen molar-refractivity contribution >= 4 is 12.1 Å². The Labute approximate surface area is 188 Å². The molecule has 0 aromatic heterocycles. The van der Waals surface area contributed by atoms with Crippen LogP contribution in [0.2, 0.25) is 0 Å². The van der Waals surface area contributed by atoms with E-state index in [0.29, 0.717) is 6.42 Å². The third-order valence-electron chi connectivity index (χ3n) is 6.25. The van der Waals surface area contributed by atoms with E-state index in [1.54, 1.807) is 0 Å². The minimum Gasteiger partial charge on any atom is -0.480 e. The molecule has 32 heavy (non-hydrogen) atoms. The third kappa shape index (κ3) is 5.29. The fourth-order valence-corrected chi connectivity index (χ4v) is 4.55. The summed E-state index contributed by atoms with van der Waals surface area (Å²) in [4.78, 5) is 26.3. The van der Waals surface area contributed by atoms with Gasteiger partial charge in [-0.3, -0.25) is 4.90 Å². The van der Waals surface area contributed by atoms with Crippen LogP contribution in [0.1, 0.15) is 36.3 Å². The van der Waals surface area contributed by atoms with Crippen LogP contribution in [0.15, 0.2) is 48.5 Å². The van der Waals surface area contributed by atoms with Crippen LogP contribution in [0.3, 0.4) is 0 Å². The number of nitrogens with one attached hydrogen (secondary N) is 1. The molecule has 0 spiro atoms. The minimum absolute atomic E-state index is 0.0510. The zero-order valence-electron chi connectivity index (χ0n) is 18.2. The fourth-order valence-electron chi connectivity index (χ4n) is 4.55. The Morgan fingerprint density at radius 3 is 2.28 bits per heavy atom. The number of hydrogen-bond donors (Lipinski definition) is 2. The number of alkyl carbamates (subject to hydrolysis) is 1.